The molecular formula is C15H22ClN7. The number of nitrogens with two attached hydrogens (primary N) is 1. The Hall–Kier alpha value is -1.86. The van der Waals surface area contributed by atoms with Crippen LogP contribution in [0, 0.1) is 0 Å². The van der Waals surface area contributed by atoms with Crippen molar-refractivity contribution in [1.29, 1.82) is 0 Å². The molecule has 1 saturated carbocycles. The summed E-state index contributed by atoms with van der Waals surface area (Å²) in [6.07, 6.45) is 10.6. The lowest BCUT2D eigenvalue weighted by Crippen LogP contribution is -2.29. The molecule has 4 N–H and O–H groups in total. The fourth-order valence-corrected chi connectivity index (χ4v) is 3.01. The highest BCUT2D eigenvalue weighted by molar-refractivity contribution is 6.32. The van der Waals surface area contributed by atoms with Crippen molar-refractivity contribution in [1.82, 2.24) is 19.7 Å². The number of anilines is 3. The van der Waals surface area contributed by atoms with Crippen LogP contribution in [0.5, 0.6) is 0 Å². The van der Waals surface area contributed by atoms with Gasteiger partial charge in [-0.3, -0.25) is 4.68 Å². The van der Waals surface area contributed by atoms with Crippen LogP contribution in [0.1, 0.15) is 32.1 Å². The van der Waals surface area contributed by atoms with Gasteiger partial charge in [0, 0.05) is 25.3 Å². The monoisotopic (exact) mass is 335 g/mol. The van der Waals surface area contributed by atoms with Gasteiger partial charge in [0.1, 0.15) is 5.02 Å². The molecule has 2 aromatic heterocycles. The predicted octanol–water partition coefficient (Wildman–Crippen LogP) is 2.68. The molecule has 3 rings (SSSR count). The van der Waals surface area contributed by atoms with Gasteiger partial charge in [-0.1, -0.05) is 24.4 Å². The maximum Gasteiger partial charge on any atom is 0.229 e. The second-order valence-corrected chi connectivity index (χ2v) is 6.45. The Morgan fingerprint density at radius 1 is 1.30 bits per heavy atom. The molecule has 124 valence electrons. The molecule has 2 aromatic rings. The summed E-state index contributed by atoms with van der Waals surface area (Å²) in [4.78, 5) is 8.70. The van der Waals surface area contributed by atoms with Gasteiger partial charge in [0.25, 0.3) is 0 Å². The predicted molar refractivity (Wildman–Crippen MR) is 92.0 cm³/mol. The Morgan fingerprint density at radius 3 is 2.91 bits per heavy atom. The summed E-state index contributed by atoms with van der Waals surface area (Å²) in [5, 5.41) is 11.2. The van der Waals surface area contributed by atoms with Crippen molar-refractivity contribution >= 4 is 29.1 Å². The SMILES string of the molecule is Cn1cc(Nc2ncc(Cl)c(N[C@@H]3CCCC[C@H](N)C3)n2)cn1. The van der Waals surface area contributed by atoms with Gasteiger partial charge >= 0.3 is 0 Å². The second kappa shape index (κ2) is 7.14. The third-order valence-electron chi connectivity index (χ3n) is 4.01. The molecule has 2 heterocycles. The molecule has 23 heavy (non-hydrogen) atoms. The minimum absolute atomic E-state index is 0.239. The number of nitrogens with zero attached hydrogens (tertiary/aromatic N) is 4. The van der Waals surface area contributed by atoms with E-state index in [1.807, 2.05) is 13.2 Å². The van der Waals surface area contributed by atoms with Gasteiger partial charge in [-0.15, -0.1) is 0 Å². The van der Waals surface area contributed by atoms with Crippen molar-refractivity contribution in [3.8, 4) is 0 Å². The van der Waals surface area contributed by atoms with Crippen molar-refractivity contribution < 1.29 is 0 Å². The fourth-order valence-electron chi connectivity index (χ4n) is 2.87. The zero-order valence-electron chi connectivity index (χ0n) is 13.2. The van der Waals surface area contributed by atoms with Gasteiger partial charge in [-0.25, -0.2) is 4.98 Å². The van der Waals surface area contributed by atoms with E-state index in [-0.39, 0.29) is 6.04 Å². The van der Waals surface area contributed by atoms with E-state index in [1.165, 1.54) is 12.8 Å². The number of hydrogen-bond donors (Lipinski definition) is 3. The van der Waals surface area contributed by atoms with Gasteiger partial charge < -0.3 is 16.4 Å². The highest BCUT2D eigenvalue weighted by atomic mass is 35.5. The Morgan fingerprint density at radius 2 is 2.13 bits per heavy atom. The molecule has 1 aliphatic rings. The van der Waals surface area contributed by atoms with E-state index < -0.39 is 0 Å². The molecule has 0 radical (unpaired) electrons. The van der Waals surface area contributed by atoms with E-state index in [1.54, 1.807) is 17.1 Å². The van der Waals surface area contributed by atoms with Gasteiger partial charge in [0.15, 0.2) is 5.82 Å². The highest BCUT2D eigenvalue weighted by Gasteiger charge is 2.19. The molecule has 1 aliphatic carbocycles. The number of aryl methyl sites for hydroxylation is 1. The quantitative estimate of drug-likeness (QED) is 0.744. The first-order chi connectivity index (χ1) is 11.1. The first-order valence-electron chi connectivity index (χ1n) is 7.90. The summed E-state index contributed by atoms with van der Waals surface area (Å²) >= 11 is 6.24. The van der Waals surface area contributed by atoms with E-state index in [0.29, 0.717) is 22.8 Å². The average molecular weight is 336 g/mol. The minimum atomic E-state index is 0.239. The smallest absolute Gasteiger partial charge is 0.229 e. The van der Waals surface area contributed by atoms with Crippen LogP contribution in [-0.2, 0) is 7.05 Å². The lowest BCUT2D eigenvalue weighted by molar-refractivity contribution is 0.552. The van der Waals surface area contributed by atoms with Gasteiger partial charge in [-0.2, -0.15) is 10.1 Å². The van der Waals surface area contributed by atoms with Gasteiger partial charge in [0.2, 0.25) is 5.95 Å². The number of halogens is 1. The van der Waals surface area contributed by atoms with Gasteiger partial charge in [-0.05, 0) is 19.3 Å². The zero-order valence-corrected chi connectivity index (χ0v) is 13.9. The highest BCUT2D eigenvalue weighted by Crippen LogP contribution is 2.25. The molecule has 0 aliphatic heterocycles. The average Bonchev–Trinajstić information content (AvgIpc) is 2.80. The molecule has 1 fully saturated rings. The van der Waals surface area contributed by atoms with Crippen LogP contribution in [0.4, 0.5) is 17.5 Å². The van der Waals surface area contributed by atoms with E-state index in [0.717, 1.165) is 24.9 Å². The summed E-state index contributed by atoms with van der Waals surface area (Å²) in [6, 6.07) is 0.537. The lowest BCUT2D eigenvalue weighted by Gasteiger charge is -2.20. The first-order valence-corrected chi connectivity index (χ1v) is 8.28. The Kier molecular flexibility index (Phi) is 4.97. The van der Waals surface area contributed by atoms with Crippen molar-refractivity contribution in [3.63, 3.8) is 0 Å². The molecule has 2 atom stereocenters. The topological polar surface area (TPSA) is 93.7 Å². The van der Waals surface area contributed by atoms with Crippen LogP contribution in [0.15, 0.2) is 18.6 Å². The van der Waals surface area contributed by atoms with Crippen LogP contribution in [-0.4, -0.2) is 31.8 Å². The van der Waals surface area contributed by atoms with E-state index in [9.17, 15) is 0 Å². The third-order valence-corrected chi connectivity index (χ3v) is 4.29. The molecule has 0 aromatic carbocycles. The van der Waals surface area contributed by atoms with Crippen LogP contribution in [0.2, 0.25) is 5.02 Å². The molecular weight excluding hydrogens is 314 g/mol. The number of aromatic nitrogens is 4. The maximum absolute atomic E-state index is 6.24. The first kappa shape index (κ1) is 16.0. The lowest BCUT2D eigenvalue weighted by atomic mass is 10.1. The van der Waals surface area contributed by atoms with Crippen LogP contribution >= 0.6 is 11.6 Å². The Bertz CT molecular complexity index is 657. The number of hydrogen-bond acceptors (Lipinski definition) is 6. The summed E-state index contributed by atoms with van der Waals surface area (Å²) in [6.45, 7) is 0. The minimum Gasteiger partial charge on any atom is -0.366 e. The van der Waals surface area contributed by atoms with Crippen molar-refractivity contribution in [3.05, 3.63) is 23.6 Å². The van der Waals surface area contributed by atoms with Crippen LogP contribution in [0.3, 0.4) is 0 Å². The molecule has 8 heteroatoms. The normalized spacial score (nSPS) is 21.7. The second-order valence-electron chi connectivity index (χ2n) is 6.04. The molecule has 0 saturated heterocycles. The van der Waals surface area contributed by atoms with Crippen molar-refractivity contribution in [2.45, 2.75) is 44.2 Å². The van der Waals surface area contributed by atoms with Gasteiger partial charge in [0.05, 0.1) is 18.1 Å². The Labute approximate surface area is 140 Å². The summed E-state index contributed by atoms with van der Waals surface area (Å²) < 4.78 is 1.71. The maximum atomic E-state index is 6.24. The molecule has 7 nitrogen and oxygen atoms in total. The van der Waals surface area contributed by atoms with Crippen molar-refractivity contribution in [2.24, 2.45) is 12.8 Å². The van der Waals surface area contributed by atoms with E-state index in [4.69, 9.17) is 17.3 Å². The molecule has 0 spiro atoms. The van der Waals surface area contributed by atoms with Crippen LogP contribution < -0.4 is 16.4 Å². The standard InChI is InChI=1S/C15H22ClN7/c1-23-9-12(7-19-23)21-15-18-8-13(16)14(22-15)20-11-5-3-2-4-10(17)6-11/h7-11H,2-6,17H2,1H3,(H2,18,20,21,22)/t10-,11+/m0/s1. The molecule has 0 amide bonds. The molecule has 0 bridgehead atoms. The van der Waals surface area contributed by atoms with Crippen molar-refractivity contribution in [2.75, 3.05) is 10.6 Å². The third kappa shape index (κ3) is 4.33. The van der Waals surface area contributed by atoms with E-state index in [2.05, 4.69) is 25.7 Å². The van der Waals surface area contributed by atoms with E-state index >= 15 is 0 Å². The largest absolute Gasteiger partial charge is 0.366 e. The zero-order chi connectivity index (χ0) is 16.2. The fraction of sp³-hybridized carbons (Fsp3) is 0.533. The summed E-state index contributed by atoms with van der Waals surface area (Å²) in [5.41, 5.74) is 6.95. The van der Waals surface area contributed by atoms with Crippen LogP contribution in [0.25, 0.3) is 0 Å². The molecule has 0 unspecified atom stereocenters. The summed E-state index contributed by atoms with van der Waals surface area (Å²) in [5.74, 6) is 1.13. The number of nitrogens with one attached hydrogen (secondary N) is 2. The summed E-state index contributed by atoms with van der Waals surface area (Å²) in [7, 11) is 1.86. The Balaban J connectivity index is 1.72. The number of rotatable bonds is 4.